The van der Waals surface area contributed by atoms with Gasteiger partial charge in [-0.3, -0.25) is 14.2 Å². The molecule has 0 saturated carbocycles. The number of piperazine rings is 2. The molecule has 19 heteroatoms. The van der Waals surface area contributed by atoms with Gasteiger partial charge in [-0.15, -0.1) is 22.7 Å². The number of benzene rings is 3. The summed E-state index contributed by atoms with van der Waals surface area (Å²) in [5, 5.41) is 7.92. The molecule has 1 amide bonds. The summed E-state index contributed by atoms with van der Waals surface area (Å²) in [7, 11) is -7.26. The SMILES string of the molecule is C[C@H](C(=O)N1CCN(c2ccc(S(=O)(=O)Nc3nccs3)cc2)CC1)n1ccc2c(F)cccc21.O=S(=O)(Nc1nccs1)c1ccc(N2CCNCC2)cc1. The van der Waals surface area contributed by atoms with Crippen molar-refractivity contribution in [3.05, 3.63) is 108 Å². The van der Waals surface area contributed by atoms with Gasteiger partial charge in [0, 0.05) is 98.5 Å². The number of rotatable bonds is 10. The smallest absolute Gasteiger partial charge is 0.263 e. The number of hydrogen-bond donors (Lipinski definition) is 3. The Bertz CT molecular complexity index is 2450. The second-order valence-electron chi connectivity index (χ2n) is 13.0. The number of amides is 1. The summed E-state index contributed by atoms with van der Waals surface area (Å²) in [5.41, 5.74) is 2.64. The van der Waals surface area contributed by atoms with Gasteiger partial charge in [-0.05, 0) is 73.7 Å². The molecule has 14 nitrogen and oxygen atoms in total. The lowest BCUT2D eigenvalue weighted by Crippen LogP contribution is -2.50. The van der Waals surface area contributed by atoms with Gasteiger partial charge in [-0.25, -0.2) is 31.2 Å². The summed E-state index contributed by atoms with van der Waals surface area (Å²) in [4.78, 5) is 27.6. The van der Waals surface area contributed by atoms with Gasteiger partial charge in [0.15, 0.2) is 10.3 Å². The average molecular weight is 838 g/mol. The number of carbonyl (C=O) groups excluding carboxylic acids is 1. The Kier molecular flexibility index (Phi) is 11.9. The van der Waals surface area contributed by atoms with Crippen LogP contribution in [-0.4, -0.2) is 94.5 Å². The maximum atomic E-state index is 14.0. The van der Waals surface area contributed by atoms with Crippen molar-refractivity contribution in [1.29, 1.82) is 0 Å². The van der Waals surface area contributed by atoms with Gasteiger partial charge in [0.25, 0.3) is 20.0 Å². The van der Waals surface area contributed by atoms with Crippen molar-refractivity contribution in [1.82, 2.24) is 24.8 Å². The number of carbonyl (C=O) groups is 1. The molecule has 56 heavy (non-hydrogen) atoms. The predicted octanol–water partition coefficient (Wildman–Crippen LogP) is 5.30. The monoisotopic (exact) mass is 837 g/mol. The second-order valence-corrected chi connectivity index (χ2v) is 18.1. The zero-order chi connectivity index (χ0) is 39.3. The maximum absolute atomic E-state index is 14.0. The third-order valence-corrected chi connectivity index (χ3v) is 13.9. The molecule has 6 aromatic rings. The number of hydrogen-bond acceptors (Lipinski definition) is 12. The van der Waals surface area contributed by atoms with Crippen LogP contribution in [0.25, 0.3) is 10.9 Å². The van der Waals surface area contributed by atoms with Crippen molar-refractivity contribution < 1.29 is 26.0 Å². The van der Waals surface area contributed by atoms with E-state index in [2.05, 4.69) is 34.5 Å². The highest BCUT2D eigenvalue weighted by Crippen LogP contribution is 2.26. The number of fused-ring (bicyclic) bond motifs is 1. The standard InChI is InChI=1S/C24H24FN5O3S2.C13H16N4O2S2/c1-17(30-11-9-20-21(25)3-2-4-22(20)30)23(31)29-14-12-28(13-15-29)18-5-7-19(8-6-18)35(32,33)27-24-26-10-16-34-24;18-21(19,16-13-15-7-10-20-13)12-3-1-11(2-4-12)17-8-5-14-6-9-17/h2-11,16-17H,12-15H2,1H3,(H,26,27);1-4,7,10,14H,5-6,8-9H2,(H,15,16)/t17-;/m1./s1. The van der Waals surface area contributed by atoms with Crippen molar-refractivity contribution in [3.63, 3.8) is 0 Å². The molecule has 0 bridgehead atoms. The molecule has 0 unspecified atom stereocenters. The van der Waals surface area contributed by atoms with E-state index in [0.29, 0.717) is 47.3 Å². The molecule has 3 N–H and O–H groups in total. The average Bonchev–Trinajstić information content (AvgIpc) is 4.02. The van der Waals surface area contributed by atoms with Gasteiger partial charge in [0.1, 0.15) is 11.9 Å². The number of aromatic nitrogens is 3. The molecular weight excluding hydrogens is 798 g/mol. The molecule has 2 fully saturated rings. The summed E-state index contributed by atoms with van der Waals surface area (Å²) in [6, 6.07) is 19.8. The van der Waals surface area contributed by atoms with Crippen LogP contribution in [0.5, 0.6) is 0 Å². The first kappa shape index (κ1) is 39.2. The van der Waals surface area contributed by atoms with Crippen LogP contribution in [0.4, 0.5) is 26.0 Å². The van der Waals surface area contributed by atoms with E-state index in [4.69, 9.17) is 0 Å². The fourth-order valence-corrected chi connectivity index (χ4v) is 10.1. The zero-order valence-corrected chi connectivity index (χ0v) is 33.6. The van der Waals surface area contributed by atoms with Crippen molar-refractivity contribution in [3.8, 4) is 0 Å². The lowest BCUT2D eigenvalue weighted by atomic mass is 10.2. The minimum Gasteiger partial charge on any atom is -0.369 e. The van der Waals surface area contributed by atoms with Gasteiger partial charge in [0.05, 0.1) is 15.3 Å². The van der Waals surface area contributed by atoms with Gasteiger partial charge in [0.2, 0.25) is 5.91 Å². The number of anilines is 4. The van der Waals surface area contributed by atoms with E-state index in [1.165, 1.54) is 34.9 Å². The Labute approximate surface area is 332 Å². The molecule has 8 rings (SSSR count). The fraction of sp³-hybridized carbons (Fsp3) is 0.270. The van der Waals surface area contributed by atoms with Crippen LogP contribution in [0.15, 0.2) is 112 Å². The van der Waals surface area contributed by atoms with E-state index in [-0.39, 0.29) is 21.5 Å². The van der Waals surface area contributed by atoms with Crippen LogP contribution in [0.3, 0.4) is 0 Å². The van der Waals surface area contributed by atoms with Gasteiger partial charge < -0.3 is 24.6 Å². The van der Waals surface area contributed by atoms with E-state index in [9.17, 15) is 26.0 Å². The summed E-state index contributed by atoms with van der Waals surface area (Å²) in [6.07, 6.45) is 4.86. The molecule has 0 radical (unpaired) electrons. The molecule has 5 heterocycles. The molecule has 2 saturated heterocycles. The first-order valence-corrected chi connectivity index (χ1v) is 22.5. The maximum Gasteiger partial charge on any atom is 0.263 e. The summed E-state index contributed by atoms with van der Waals surface area (Å²) in [6.45, 7) is 7.94. The zero-order valence-electron chi connectivity index (χ0n) is 30.3. The molecule has 294 valence electrons. The van der Waals surface area contributed by atoms with Crippen LogP contribution < -0.4 is 24.6 Å². The van der Waals surface area contributed by atoms with E-state index >= 15 is 0 Å². The van der Waals surface area contributed by atoms with Crippen molar-refractivity contribution in [2.24, 2.45) is 0 Å². The van der Waals surface area contributed by atoms with Crippen LogP contribution in [0, 0.1) is 5.82 Å². The molecule has 1 atom stereocenters. The topological polar surface area (TPSA) is 162 Å². The number of nitrogens with zero attached hydrogens (tertiary/aromatic N) is 6. The molecule has 2 aliphatic rings. The molecule has 2 aliphatic heterocycles. The summed E-state index contributed by atoms with van der Waals surface area (Å²) in [5.74, 6) is -0.312. The molecular formula is C37H40FN9O5S4. The summed E-state index contributed by atoms with van der Waals surface area (Å²) >= 11 is 2.47. The van der Waals surface area contributed by atoms with Crippen molar-refractivity contribution >= 4 is 81.2 Å². The van der Waals surface area contributed by atoms with Crippen LogP contribution >= 0.6 is 22.7 Å². The van der Waals surface area contributed by atoms with E-state index in [1.807, 2.05) is 34.6 Å². The Morgan fingerprint density at radius 2 is 1.25 bits per heavy atom. The van der Waals surface area contributed by atoms with Crippen molar-refractivity contribution in [2.45, 2.75) is 22.8 Å². The normalized spacial score (nSPS) is 15.6. The number of sulfonamides is 2. The van der Waals surface area contributed by atoms with E-state index in [1.54, 1.807) is 71.7 Å². The quantitative estimate of drug-likeness (QED) is 0.165. The third-order valence-electron chi connectivity index (χ3n) is 9.53. The first-order valence-electron chi connectivity index (χ1n) is 17.8. The van der Waals surface area contributed by atoms with E-state index < -0.39 is 26.1 Å². The Morgan fingerprint density at radius 3 is 1.75 bits per heavy atom. The largest absolute Gasteiger partial charge is 0.369 e. The minimum absolute atomic E-state index is 0.0129. The Balaban J connectivity index is 0.000000195. The van der Waals surface area contributed by atoms with Gasteiger partial charge in [-0.2, -0.15) is 0 Å². The van der Waals surface area contributed by atoms with Crippen LogP contribution in [-0.2, 0) is 24.8 Å². The highest BCUT2D eigenvalue weighted by molar-refractivity contribution is 7.93. The second kappa shape index (κ2) is 17.0. The molecule has 0 spiro atoms. The predicted molar refractivity (Wildman–Crippen MR) is 219 cm³/mol. The van der Waals surface area contributed by atoms with E-state index in [0.717, 1.165) is 37.6 Å². The lowest BCUT2D eigenvalue weighted by molar-refractivity contribution is -0.134. The Hall–Kier alpha value is -5.08. The molecule has 3 aromatic carbocycles. The Morgan fingerprint density at radius 1 is 0.732 bits per heavy atom. The number of nitrogens with one attached hydrogen (secondary N) is 3. The molecule has 3 aromatic heterocycles. The fourth-order valence-electron chi connectivity index (χ4n) is 6.55. The third kappa shape index (κ3) is 8.97. The lowest BCUT2D eigenvalue weighted by Gasteiger charge is -2.37. The highest BCUT2D eigenvalue weighted by atomic mass is 32.2. The van der Waals surface area contributed by atoms with Gasteiger partial charge >= 0.3 is 0 Å². The summed E-state index contributed by atoms with van der Waals surface area (Å²) < 4.78 is 70.3. The van der Waals surface area contributed by atoms with Gasteiger partial charge in [-0.1, -0.05) is 6.07 Å². The minimum atomic E-state index is -3.70. The van der Waals surface area contributed by atoms with Crippen molar-refractivity contribution in [2.75, 3.05) is 71.6 Å². The number of thiazole rings is 2. The molecule has 0 aliphatic carbocycles. The van der Waals surface area contributed by atoms with Crippen LogP contribution in [0.2, 0.25) is 0 Å². The first-order chi connectivity index (χ1) is 27.0. The highest BCUT2D eigenvalue weighted by Gasteiger charge is 2.27. The van der Waals surface area contributed by atoms with Crippen LogP contribution in [0.1, 0.15) is 13.0 Å². The number of halogens is 1.